The lowest BCUT2D eigenvalue weighted by Gasteiger charge is -2.14. The second kappa shape index (κ2) is 2.88. The number of hydrogen-bond donors (Lipinski definition) is 0. The van der Waals surface area contributed by atoms with Crippen LogP contribution < -0.4 is 0 Å². The van der Waals surface area contributed by atoms with E-state index in [4.69, 9.17) is 0 Å². The van der Waals surface area contributed by atoms with Crippen LogP contribution in [-0.4, -0.2) is 18.9 Å². The number of hydrogen-bond acceptors (Lipinski definition) is 3. The zero-order valence-electron chi connectivity index (χ0n) is 7.72. The van der Waals surface area contributed by atoms with E-state index < -0.39 is 0 Å². The van der Waals surface area contributed by atoms with Crippen molar-refractivity contribution in [2.75, 3.05) is 7.11 Å². The molecular formula is C9H14O3. The van der Waals surface area contributed by atoms with Crippen molar-refractivity contribution in [3.05, 3.63) is 0 Å². The molecule has 0 amide bonds. The maximum absolute atomic E-state index is 11.3. The molecule has 12 heavy (non-hydrogen) atoms. The van der Waals surface area contributed by atoms with Crippen molar-refractivity contribution in [3.8, 4) is 0 Å². The summed E-state index contributed by atoms with van der Waals surface area (Å²) in [5.41, 5.74) is -0.334. The standard InChI is InChI=1S/C9H14O3/c1-9(2)5-6(4-7(9)10)8(11)12-3/h6H,4-5H2,1-3H3/t6-/m0/s1. The molecule has 1 saturated carbocycles. The number of esters is 1. The summed E-state index contributed by atoms with van der Waals surface area (Å²) < 4.78 is 4.58. The van der Waals surface area contributed by atoms with Crippen LogP contribution in [0.1, 0.15) is 26.7 Å². The number of Topliss-reactive ketones (excluding diaryl/α,β-unsaturated/α-hetero) is 1. The smallest absolute Gasteiger partial charge is 0.309 e. The summed E-state index contributed by atoms with van der Waals surface area (Å²) >= 11 is 0. The summed E-state index contributed by atoms with van der Waals surface area (Å²) in [4.78, 5) is 22.4. The Hall–Kier alpha value is -0.860. The molecule has 0 aromatic heterocycles. The van der Waals surface area contributed by atoms with E-state index in [1.807, 2.05) is 13.8 Å². The Morgan fingerprint density at radius 1 is 1.58 bits per heavy atom. The van der Waals surface area contributed by atoms with Gasteiger partial charge in [0, 0.05) is 11.8 Å². The highest BCUT2D eigenvalue weighted by molar-refractivity contribution is 5.91. The fourth-order valence-corrected chi connectivity index (χ4v) is 1.64. The Balaban J connectivity index is 2.67. The molecule has 1 aliphatic rings. The summed E-state index contributed by atoms with van der Waals surface area (Å²) in [5.74, 6) is -0.302. The fraction of sp³-hybridized carbons (Fsp3) is 0.778. The monoisotopic (exact) mass is 170 g/mol. The van der Waals surface area contributed by atoms with Crippen molar-refractivity contribution in [1.29, 1.82) is 0 Å². The van der Waals surface area contributed by atoms with Gasteiger partial charge in [0.05, 0.1) is 13.0 Å². The highest BCUT2D eigenvalue weighted by atomic mass is 16.5. The van der Waals surface area contributed by atoms with Crippen molar-refractivity contribution in [1.82, 2.24) is 0 Å². The Kier molecular flexibility index (Phi) is 2.22. The van der Waals surface area contributed by atoms with E-state index in [-0.39, 0.29) is 23.1 Å². The quantitative estimate of drug-likeness (QED) is 0.555. The van der Waals surface area contributed by atoms with E-state index in [1.165, 1.54) is 7.11 Å². The van der Waals surface area contributed by atoms with E-state index >= 15 is 0 Å². The van der Waals surface area contributed by atoms with Gasteiger partial charge < -0.3 is 4.74 Å². The Labute approximate surface area is 72.1 Å². The van der Waals surface area contributed by atoms with Gasteiger partial charge in [-0.1, -0.05) is 13.8 Å². The first-order chi connectivity index (χ1) is 5.47. The minimum atomic E-state index is -0.334. The van der Waals surface area contributed by atoms with E-state index in [0.29, 0.717) is 12.8 Å². The van der Waals surface area contributed by atoms with Gasteiger partial charge in [-0.3, -0.25) is 9.59 Å². The van der Waals surface area contributed by atoms with Gasteiger partial charge in [-0.2, -0.15) is 0 Å². The first-order valence-corrected chi connectivity index (χ1v) is 4.08. The molecule has 0 unspecified atom stereocenters. The molecule has 68 valence electrons. The van der Waals surface area contributed by atoms with Gasteiger partial charge in [0.1, 0.15) is 5.78 Å². The number of methoxy groups -OCH3 is 1. The van der Waals surface area contributed by atoms with Crippen molar-refractivity contribution in [2.45, 2.75) is 26.7 Å². The van der Waals surface area contributed by atoms with Crippen LogP contribution >= 0.6 is 0 Å². The molecule has 0 heterocycles. The van der Waals surface area contributed by atoms with Crippen LogP contribution in [0, 0.1) is 11.3 Å². The summed E-state index contributed by atoms with van der Waals surface area (Å²) in [6, 6.07) is 0. The molecule has 1 atom stereocenters. The SMILES string of the molecule is COC(=O)[C@H]1CC(=O)C(C)(C)C1. The Bertz CT molecular complexity index is 218. The Morgan fingerprint density at radius 3 is 2.50 bits per heavy atom. The van der Waals surface area contributed by atoms with Crippen LogP contribution in [0.5, 0.6) is 0 Å². The maximum atomic E-state index is 11.3. The minimum absolute atomic E-state index is 0.165. The molecule has 0 bridgehead atoms. The van der Waals surface area contributed by atoms with Crippen molar-refractivity contribution < 1.29 is 14.3 Å². The number of ketones is 1. The van der Waals surface area contributed by atoms with Crippen molar-refractivity contribution >= 4 is 11.8 Å². The van der Waals surface area contributed by atoms with Gasteiger partial charge in [0.2, 0.25) is 0 Å². The second-order valence-corrected chi connectivity index (χ2v) is 3.94. The Morgan fingerprint density at radius 2 is 2.17 bits per heavy atom. The van der Waals surface area contributed by atoms with E-state index in [2.05, 4.69) is 4.74 Å². The van der Waals surface area contributed by atoms with Crippen LogP contribution in [-0.2, 0) is 14.3 Å². The van der Waals surface area contributed by atoms with Crippen LogP contribution in [0.3, 0.4) is 0 Å². The van der Waals surface area contributed by atoms with Crippen molar-refractivity contribution in [3.63, 3.8) is 0 Å². The third kappa shape index (κ3) is 1.49. The van der Waals surface area contributed by atoms with Gasteiger partial charge in [0.25, 0.3) is 0 Å². The number of ether oxygens (including phenoxy) is 1. The molecule has 0 aromatic rings. The number of carbonyl (C=O) groups is 2. The lowest BCUT2D eigenvalue weighted by molar-refractivity contribution is -0.145. The van der Waals surface area contributed by atoms with Gasteiger partial charge >= 0.3 is 5.97 Å². The largest absolute Gasteiger partial charge is 0.469 e. The molecular weight excluding hydrogens is 156 g/mol. The van der Waals surface area contributed by atoms with E-state index in [9.17, 15) is 9.59 Å². The highest BCUT2D eigenvalue weighted by Crippen LogP contribution is 2.38. The molecule has 0 N–H and O–H groups in total. The summed E-state index contributed by atoms with van der Waals surface area (Å²) in [7, 11) is 1.36. The predicted octanol–water partition coefficient (Wildman–Crippen LogP) is 1.16. The van der Waals surface area contributed by atoms with Gasteiger partial charge in [-0.25, -0.2) is 0 Å². The molecule has 0 aromatic carbocycles. The van der Waals surface area contributed by atoms with Crippen molar-refractivity contribution in [2.24, 2.45) is 11.3 Å². The first kappa shape index (κ1) is 9.23. The normalized spacial score (nSPS) is 27.2. The molecule has 3 heteroatoms. The van der Waals surface area contributed by atoms with Gasteiger partial charge in [-0.15, -0.1) is 0 Å². The molecule has 0 aliphatic heterocycles. The summed E-state index contributed by atoms with van der Waals surface area (Å²) in [5, 5.41) is 0. The fourth-order valence-electron chi connectivity index (χ4n) is 1.64. The van der Waals surface area contributed by atoms with Gasteiger partial charge in [0.15, 0.2) is 0 Å². The molecule has 0 saturated heterocycles. The van der Waals surface area contributed by atoms with Crippen LogP contribution in [0.2, 0.25) is 0 Å². The van der Waals surface area contributed by atoms with Crippen LogP contribution in [0.25, 0.3) is 0 Å². The lowest BCUT2D eigenvalue weighted by Crippen LogP contribution is -2.16. The topological polar surface area (TPSA) is 43.4 Å². The third-order valence-corrected chi connectivity index (χ3v) is 2.48. The predicted molar refractivity (Wildman–Crippen MR) is 43.5 cm³/mol. The molecule has 0 radical (unpaired) electrons. The maximum Gasteiger partial charge on any atom is 0.309 e. The number of rotatable bonds is 1. The van der Waals surface area contributed by atoms with Gasteiger partial charge in [-0.05, 0) is 6.42 Å². The third-order valence-electron chi connectivity index (χ3n) is 2.48. The minimum Gasteiger partial charge on any atom is -0.469 e. The molecule has 0 spiro atoms. The highest BCUT2D eigenvalue weighted by Gasteiger charge is 2.42. The van der Waals surface area contributed by atoms with Crippen LogP contribution in [0.4, 0.5) is 0 Å². The molecule has 1 fully saturated rings. The average Bonchev–Trinajstić information content (AvgIpc) is 2.25. The second-order valence-electron chi connectivity index (χ2n) is 3.94. The number of carbonyl (C=O) groups excluding carboxylic acids is 2. The molecule has 1 aliphatic carbocycles. The first-order valence-electron chi connectivity index (χ1n) is 4.08. The van der Waals surface area contributed by atoms with Crippen LogP contribution in [0.15, 0.2) is 0 Å². The molecule has 1 rings (SSSR count). The molecule has 3 nitrogen and oxygen atoms in total. The lowest BCUT2D eigenvalue weighted by atomic mass is 9.90. The zero-order valence-corrected chi connectivity index (χ0v) is 7.72. The summed E-state index contributed by atoms with van der Waals surface area (Å²) in [6.07, 6.45) is 0.970. The average molecular weight is 170 g/mol. The summed E-state index contributed by atoms with van der Waals surface area (Å²) in [6.45, 7) is 3.75. The van der Waals surface area contributed by atoms with E-state index in [0.717, 1.165) is 0 Å². The van der Waals surface area contributed by atoms with E-state index in [1.54, 1.807) is 0 Å². The zero-order chi connectivity index (χ0) is 9.35.